The van der Waals surface area contributed by atoms with Crippen LogP contribution in [0.1, 0.15) is 36.8 Å². The minimum absolute atomic E-state index is 0.220. The number of amides is 1. The maximum absolute atomic E-state index is 12.3. The molecule has 1 amide bonds. The second kappa shape index (κ2) is 7.02. The molecule has 1 atom stereocenters. The fourth-order valence-corrected chi connectivity index (χ4v) is 5.01. The third kappa shape index (κ3) is 3.69. The zero-order valence-electron chi connectivity index (χ0n) is 16.7. The van der Waals surface area contributed by atoms with Gasteiger partial charge in [0.05, 0.1) is 10.9 Å². The van der Waals surface area contributed by atoms with E-state index in [9.17, 15) is 9.90 Å². The van der Waals surface area contributed by atoms with Gasteiger partial charge in [-0.05, 0) is 56.2 Å². The van der Waals surface area contributed by atoms with Gasteiger partial charge in [0.15, 0.2) is 10.8 Å². The predicted octanol–water partition coefficient (Wildman–Crippen LogP) is 3.62. The van der Waals surface area contributed by atoms with Crippen LogP contribution in [0.15, 0.2) is 18.3 Å². The Kier molecular flexibility index (Phi) is 4.46. The molecule has 1 aliphatic heterocycles. The van der Waals surface area contributed by atoms with E-state index in [1.165, 1.54) is 12.8 Å². The number of nitrogens with zero attached hydrogens (tertiary/aromatic N) is 4. The summed E-state index contributed by atoms with van der Waals surface area (Å²) in [6.45, 7) is 5.50. The molecular formula is C21H25N5O2S. The standard InChI is InChI=1S/C21H25N5O2S/c1-12-7-13(2)19(16(27)8-12)26-11-17-20(24-26)23-21(29-17)22-15-5-6-25(10-15)18(28)9-14-3-4-14/h7-8,11,14-15,27H,3-6,9-10H2,1-2H3,(H,22,23,24). The third-order valence-corrected chi connectivity index (χ3v) is 6.67. The minimum atomic E-state index is 0.220. The molecule has 2 N–H and O–H groups in total. The minimum Gasteiger partial charge on any atom is -0.506 e. The van der Waals surface area contributed by atoms with Crippen LogP contribution in [-0.4, -0.2) is 49.8 Å². The highest BCUT2D eigenvalue weighted by Gasteiger charge is 2.31. The molecule has 1 aliphatic carbocycles. The lowest BCUT2D eigenvalue weighted by Crippen LogP contribution is -2.31. The number of fused-ring (bicyclic) bond motifs is 1. The molecule has 1 aromatic carbocycles. The summed E-state index contributed by atoms with van der Waals surface area (Å²) < 4.78 is 2.67. The van der Waals surface area contributed by atoms with Crippen LogP contribution in [0.5, 0.6) is 5.75 Å². The summed E-state index contributed by atoms with van der Waals surface area (Å²) in [6.07, 6.45) is 6.00. The number of phenolic OH excluding ortho intramolecular Hbond substituents is 1. The van der Waals surface area contributed by atoms with E-state index >= 15 is 0 Å². The predicted molar refractivity (Wildman–Crippen MR) is 114 cm³/mol. The summed E-state index contributed by atoms with van der Waals surface area (Å²) in [7, 11) is 0. The van der Waals surface area contributed by atoms with Crippen LogP contribution in [0.4, 0.5) is 5.13 Å². The van der Waals surface area contributed by atoms with Crippen molar-refractivity contribution in [2.45, 2.75) is 45.6 Å². The van der Waals surface area contributed by atoms with Crippen LogP contribution < -0.4 is 5.32 Å². The number of thiazole rings is 1. The molecule has 29 heavy (non-hydrogen) atoms. The van der Waals surface area contributed by atoms with E-state index in [0.717, 1.165) is 40.5 Å². The molecule has 5 rings (SSSR count). The second-order valence-electron chi connectivity index (χ2n) is 8.35. The zero-order chi connectivity index (χ0) is 20.1. The normalized spacial score (nSPS) is 19.2. The second-order valence-corrected chi connectivity index (χ2v) is 9.38. The van der Waals surface area contributed by atoms with Crippen LogP contribution in [0.2, 0.25) is 0 Å². The van der Waals surface area contributed by atoms with E-state index in [0.29, 0.717) is 29.6 Å². The van der Waals surface area contributed by atoms with Crippen LogP contribution in [0.25, 0.3) is 16.0 Å². The van der Waals surface area contributed by atoms with Crippen LogP contribution in [0, 0.1) is 19.8 Å². The summed E-state index contributed by atoms with van der Waals surface area (Å²) in [5, 5.41) is 19.2. The summed E-state index contributed by atoms with van der Waals surface area (Å²) in [6, 6.07) is 4.01. The molecule has 3 aromatic rings. The van der Waals surface area contributed by atoms with E-state index < -0.39 is 0 Å². The number of phenols is 1. The Morgan fingerprint density at radius 2 is 2.14 bits per heavy atom. The fourth-order valence-electron chi connectivity index (χ4n) is 4.11. The van der Waals surface area contributed by atoms with Gasteiger partial charge >= 0.3 is 0 Å². The number of hydrogen-bond acceptors (Lipinski definition) is 6. The molecule has 3 heterocycles. The van der Waals surface area contributed by atoms with Gasteiger partial charge in [-0.15, -0.1) is 5.10 Å². The van der Waals surface area contributed by atoms with Crippen molar-refractivity contribution >= 4 is 32.7 Å². The van der Waals surface area contributed by atoms with Gasteiger partial charge in [-0.25, -0.2) is 4.68 Å². The molecule has 152 valence electrons. The maximum Gasteiger partial charge on any atom is 0.222 e. The SMILES string of the molecule is Cc1cc(C)c(-n2cc3sc(NC4CCN(C(=O)CC5CC5)C4)nc3n2)c(O)c1. The topological polar surface area (TPSA) is 83.3 Å². The van der Waals surface area contributed by atoms with Crippen molar-refractivity contribution < 1.29 is 9.90 Å². The van der Waals surface area contributed by atoms with Gasteiger partial charge < -0.3 is 15.3 Å². The first kappa shape index (κ1) is 18.4. The summed E-state index contributed by atoms with van der Waals surface area (Å²) in [5.41, 5.74) is 3.34. The van der Waals surface area contributed by atoms with Gasteiger partial charge in [-0.2, -0.15) is 4.98 Å². The van der Waals surface area contributed by atoms with Crippen molar-refractivity contribution in [3.05, 3.63) is 29.5 Å². The first-order valence-corrected chi connectivity index (χ1v) is 11.0. The number of likely N-dealkylation sites (tertiary alicyclic amines) is 1. The van der Waals surface area contributed by atoms with Crippen molar-refractivity contribution in [2.75, 3.05) is 18.4 Å². The molecule has 1 saturated heterocycles. The van der Waals surface area contributed by atoms with E-state index in [-0.39, 0.29) is 11.8 Å². The van der Waals surface area contributed by atoms with Crippen molar-refractivity contribution in [1.82, 2.24) is 19.7 Å². The fraction of sp³-hybridized carbons (Fsp3) is 0.476. The van der Waals surface area contributed by atoms with Crippen molar-refractivity contribution in [3.8, 4) is 11.4 Å². The number of aromatic hydroxyl groups is 1. The number of hydrogen-bond donors (Lipinski definition) is 2. The molecular weight excluding hydrogens is 386 g/mol. The lowest BCUT2D eigenvalue weighted by Gasteiger charge is -2.16. The zero-order valence-corrected chi connectivity index (χ0v) is 17.5. The monoisotopic (exact) mass is 411 g/mol. The lowest BCUT2D eigenvalue weighted by molar-refractivity contribution is -0.130. The Hall–Kier alpha value is -2.61. The number of rotatable bonds is 5. The Labute approximate surface area is 173 Å². The van der Waals surface area contributed by atoms with Gasteiger partial charge in [0.1, 0.15) is 11.4 Å². The van der Waals surface area contributed by atoms with E-state index in [1.807, 2.05) is 31.0 Å². The molecule has 1 saturated carbocycles. The van der Waals surface area contributed by atoms with Gasteiger partial charge in [0.25, 0.3) is 0 Å². The molecule has 0 bridgehead atoms. The number of carbonyl (C=O) groups excluding carboxylic acids is 1. The summed E-state index contributed by atoms with van der Waals surface area (Å²) in [4.78, 5) is 18.9. The number of benzene rings is 1. The maximum atomic E-state index is 12.3. The number of nitrogens with one attached hydrogen (secondary N) is 1. The molecule has 2 aromatic heterocycles. The number of anilines is 1. The van der Waals surface area contributed by atoms with Gasteiger partial charge in [0.2, 0.25) is 5.91 Å². The molecule has 1 unspecified atom stereocenters. The Morgan fingerprint density at radius 3 is 2.86 bits per heavy atom. The van der Waals surface area contributed by atoms with Crippen molar-refractivity contribution in [2.24, 2.45) is 5.92 Å². The summed E-state index contributed by atoms with van der Waals surface area (Å²) in [5.74, 6) is 1.15. The highest BCUT2D eigenvalue weighted by atomic mass is 32.1. The molecule has 2 fully saturated rings. The molecule has 0 spiro atoms. The Bertz CT molecular complexity index is 1030. The molecule has 2 aliphatic rings. The van der Waals surface area contributed by atoms with Crippen LogP contribution in [0.3, 0.4) is 0 Å². The first-order valence-electron chi connectivity index (χ1n) is 10.2. The van der Waals surface area contributed by atoms with Gasteiger partial charge in [0, 0.05) is 25.6 Å². The van der Waals surface area contributed by atoms with Crippen LogP contribution in [-0.2, 0) is 4.79 Å². The Balaban J connectivity index is 1.28. The lowest BCUT2D eigenvalue weighted by atomic mass is 10.1. The van der Waals surface area contributed by atoms with Gasteiger partial charge in [-0.1, -0.05) is 17.4 Å². The molecule has 8 heteroatoms. The van der Waals surface area contributed by atoms with Gasteiger partial charge in [-0.3, -0.25) is 4.79 Å². The average molecular weight is 412 g/mol. The highest BCUT2D eigenvalue weighted by Crippen LogP contribution is 2.34. The number of aryl methyl sites for hydroxylation is 2. The molecule has 7 nitrogen and oxygen atoms in total. The van der Waals surface area contributed by atoms with Crippen molar-refractivity contribution in [1.29, 1.82) is 0 Å². The van der Waals surface area contributed by atoms with E-state index in [1.54, 1.807) is 22.1 Å². The quantitative estimate of drug-likeness (QED) is 0.670. The van der Waals surface area contributed by atoms with E-state index in [2.05, 4.69) is 15.4 Å². The number of carbonyl (C=O) groups is 1. The third-order valence-electron chi connectivity index (χ3n) is 5.76. The van der Waals surface area contributed by atoms with E-state index in [4.69, 9.17) is 0 Å². The number of aromatic nitrogens is 3. The average Bonchev–Trinajstić information content (AvgIpc) is 3.03. The van der Waals surface area contributed by atoms with Crippen molar-refractivity contribution in [3.63, 3.8) is 0 Å². The highest BCUT2D eigenvalue weighted by molar-refractivity contribution is 7.22. The largest absolute Gasteiger partial charge is 0.506 e. The van der Waals surface area contributed by atoms with Crippen LogP contribution >= 0.6 is 11.3 Å². The Morgan fingerprint density at radius 1 is 1.31 bits per heavy atom. The smallest absolute Gasteiger partial charge is 0.222 e. The summed E-state index contributed by atoms with van der Waals surface area (Å²) >= 11 is 1.55. The molecule has 0 radical (unpaired) electrons. The first-order chi connectivity index (χ1) is 14.0.